The van der Waals surface area contributed by atoms with Gasteiger partial charge in [-0.15, -0.1) is 0 Å². The fraction of sp³-hybridized carbons (Fsp3) is 0.312. The van der Waals surface area contributed by atoms with Gasteiger partial charge in [-0.1, -0.05) is 12.1 Å². The average molecular weight is 289 g/mol. The fourth-order valence-corrected chi connectivity index (χ4v) is 2.11. The highest BCUT2D eigenvalue weighted by Gasteiger charge is 2.14. The van der Waals surface area contributed by atoms with Crippen molar-refractivity contribution in [2.75, 3.05) is 7.11 Å². The smallest absolute Gasteiger partial charge is 0.372 e. The van der Waals surface area contributed by atoms with Crippen molar-refractivity contribution in [2.45, 2.75) is 26.4 Å². The van der Waals surface area contributed by atoms with Crippen LogP contribution in [-0.2, 0) is 6.54 Å². The molecule has 2 N–H and O–H groups in total. The second-order valence-corrected chi connectivity index (χ2v) is 4.91. The molecule has 0 aliphatic rings. The van der Waals surface area contributed by atoms with Crippen LogP contribution in [-0.4, -0.2) is 18.2 Å². The average Bonchev–Trinajstić information content (AvgIpc) is 2.86. The summed E-state index contributed by atoms with van der Waals surface area (Å²) in [6.45, 7) is 4.24. The van der Waals surface area contributed by atoms with Gasteiger partial charge in [0.2, 0.25) is 5.76 Å². The van der Waals surface area contributed by atoms with Crippen LogP contribution in [0, 0.1) is 6.92 Å². The van der Waals surface area contributed by atoms with Crippen LogP contribution >= 0.6 is 0 Å². The van der Waals surface area contributed by atoms with E-state index in [0.29, 0.717) is 17.9 Å². The highest BCUT2D eigenvalue weighted by molar-refractivity contribution is 5.86. The maximum atomic E-state index is 10.9. The second kappa shape index (κ2) is 6.45. The molecule has 21 heavy (non-hydrogen) atoms. The summed E-state index contributed by atoms with van der Waals surface area (Å²) in [5.74, 6) is 0.398. The summed E-state index contributed by atoms with van der Waals surface area (Å²) >= 11 is 0. The maximum absolute atomic E-state index is 10.9. The summed E-state index contributed by atoms with van der Waals surface area (Å²) in [4.78, 5) is 10.9. The number of hydrogen-bond acceptors (Lipinski definition) is 4. The second-order valence-electron chi connectivity index (χ2n) is 4.91. The van der Waals surface area contributed by atoms with Crippen LogP contribution in [0.1, 0.15) is 40.4 Å². The lowest BCUT2D eigenvalue weighted by molar-refractivity contribution is 0.0659. The highest BCUT2D eigenvalue weighted by Crippen LogP contribution is 2.19. The molecule has 2 rings (SSSR count). The number of aryl methyl sites for hydroxylation is 1. The number of carbonyl (C=O) groups is 1. The number of furan rings is 1. The zero-order valence-corrected chi connectivity index (χ0v) is 12.3. The molecule has 0 radical (unpaired) electrons. The predicted molar refractivity (Wildman–Crippen MR) is 78.7 cm³/mol. The molecule has 0 saturated heterocycles. The summed E-state index contributed by atoms with van der Waals surface area (Å²) < 4.78 is 10.4. The summed E-state index contributed by atoms with van der Waals surface area (Å²) in [6.07, 6.45) is 0. The van der Waals surface area contributed by atoms with Crippen molar-refractivity contribution in [2.24, 2.45) is 0 Å². The summed E-state index contributed by atoms with van der Waals surface area (Å²) in [6, 6.07) is 9.67. The molecule has 0 amide bonds. The first-order chi connectivity index (χ1) is 10.0. The quantitative estimate of drug-likeness (QED) is 0.854. The Balaban J connectivity index is 1.98. The topological polar surface area (TPSA) is 71.7 Å². The number of nitrogens with one attached hydrogen (secondary N) is 1. The van der Waals surface area contributed by atoms with Crippen molar-refractivity contribution in [1.29, 1.82) is 0 Å². The molecular weight excluding hydrogens is 270 g/mol. The Hall–Kier alpha value is -2.27. The minimum atomic E-state index is -1.04. The van der Waals surface area contributed by atoms with Gasteiger partial charge in [0.15, 0.2) is 0 Å². The van der Waals surface area contributed by atoms with Crippen molar-refractivity contribution in [1.82, 2.24) is 5.32 Å². The normalized spacial score (nSPS) is 12.1. The third-order valence-electron chi connectivity index (χ3n) is 3.36. The van der Waals surface area contributed by atoms with Crippen LogP contribution in [0.3, 0.4) is 0 Å². The third-order valence-corrected chi connectivity index (χ3v) is 3.36. The van der Waals surface area contributed by atoms with E-state index in [9.17, 15) is 4.79 Å². The predicted octanol–water partition coefficient (Wildman–Crippen LogP) is 3.15. The largest absolute Gasteiger partial charge is 0.497 e. The molecule has 1 atom stereocenters. The van der Waals surface area contributed by atoms with E-state index in [1.165, 1.54) is 0 Å². The van der Waals surface area contributed by atoms with Gasteiger partial charge in [0.05, 0.1) is 13.7 Å². The molecule has 0 saturated carbocycles. The SMILES string of the molecule is COc1ccc([C@H](C)NCc2cc(C)c(C(=O)O)o2)cc1. The van der Waals surface area contributed by atoms with E-state index in [0.717, 1.165) is 11.3 Å². The minimum Gasteiger partial charge on any atom is -0.497 e. The zero-order chi connectivity index (χ0) is 15.4. The van der Waals surface area contributed by atoms with Gasteiger partial charge < -0.3 is 19.6 Å². The molecule has 0 fully saturated rings. The van der Waals surface area contributed by atoms with E-state index in [4.69, 9.17) is 14.3 Å². The van der Waals surface area contributed by atoms with E-state index in [2.05, 4.69) is 5.32 Å². The lowest BCUT2D eigenvalue weighted by atomic mass is 10.1. The number of rotatable bonds is 6. The minimum absolute atomic E-state index is 0.00361. The molecule has 5 nitrogen and oxygen atoms in total. The van der Waals surface area contributed by atoms with Crippen LogP contribution in [0.5, 0.6) is 5.75 Å². The molecule has 0 bridgehead atoms. The fourth-order valence-electron chi connectivity index (χ4n) is 2.11. The first-order valence-corrected chi connectivity index (χ1v) is 6.71. The number of methoxy groups -OCH3 is 1. The van der Waals surface area contributed by atoms with Crippen LogP contribution in [0.25, 0.3) is 0 Å². The van der Waals surface area contributed by atoms with Crippen LogP contribution in [0.4, 0.5) is 0 Å². The zero-order valence-electron chi connectivity index (χ0n) is 12.3. The molecule has 0 aliphatic carbocycles. The number of ether oxygens (including phenoxy) is 1. The molecule has 5 heteroatoms. The van der Waals surface area contributed by atoms with Gasteiger partial charge in [-0.3, -0.25) is 0 Å². The lowest BCUT2D eigenvalue weighted by Gasteiger charge is -2.13. The molecule has 2 aromatic rings. The Kier molecular flexibility index (Phi) is 4.65. The molecular formula is C16H19NO4. The molecule has 112 valence electrons. The Morgan fingerprint density at radius 1 is 1.38 bits per heavy atom. The van der Waals surface area contributed by atoms with Crippen molar-refractivity contribution in [3.63, 3.8) is 0 Å². The van der Waals surface area contributed by atoms with E-state index in [1.54, 1.807) is 20.1 Å². The van der Waals surface area contributed by atoms with Gasteiger partial charge in [-0.25, -0.2) is 4.79 Å². The van der Waals surface area contributed by atoms with Crippen LogP contribution < -0.4 is 10.1 Å². The van der Waals surface area contributed by atoms with Gasteiger partial charge >= 0.3 is 5.97 Å². The number of benzene rings is 1. The molecule has 1 aromatic carbocycles. The Morgan fingerprint density at radius 3 is 2.57 bits per heavy atom. The summed E-state index contributed by atoms with van der Waals surface area (Å²) in [5.41, 5.74) is 1.76. The van der Waals surface area contributed by atoms with Crippen molar-refractivity contribution >= 4 is 5.97 Å². The number of hydrogen-bond donors (Lipinski definition) is 2. The van der Waals surface area contributed by atoms with Gasteiger partial charge in [0.1, 0.15) is 11.5 Å². The van der Waals surface area contributed by atoms with Crippen LogP contribution in [0.15, 0.2) is 34.7 Å². The first kappa shape index (κ1) is 15.1. The molecule has 1 aromatic heterocycles. The molecule has 0 aliphatic heterocycles. The van der Waals surface area contributed by atoms with Crippen LogP contribution in [0.2, 0.25) is 0 Å². The van der Waals surface area contributed by atoms with Gasteiger partial charge in [-0.2, -0.15) is 0 Å². The molecule has 0 unspecified atom stereocenters. The van der Waals surface area contributed by atoms with Crippen molar-refractivity contribution in [3.8, 4) is 5.75 Å². The Bertz CT molecular complexity index is 616. The monoisotopic (exact) mass is 289 g/mol. The highest BCUT2D eigenvalue weighted by atomic mass is 16.5. The number of carboxylic acids is 1. The molecule has 0 spiro atoms. The van der Waals surface area contributed by atoms with Gasteiger partial charge in [0.25, 0.3) is 0 Å². The van der Waals surface area contributed by atoms with Crippen molar-refractivity contribution in [3.05, 3.63) is 53.0 Å². The van der Waals surface area contributed by atoms with E-state index >= 15 is 0 Å². The van der Waals surface area contributed by atoms with E-state index in [1.807, 2.05) is 31.2 Å². The van der Waals surface area contributed by atoms with Gasteiger partial charge in [0, 0.05) is 11.6 Å². The third kappa shape index (κ3) is 3.64. The molecule has 1 heterocycles. The first-order valence-electron chi connectivity index (χ1n) is 6.71. The lowest BCUT2D eigenvalue weighted by Crippen LogP contribution is -2.17. The van der Waals surface area contributed by atoms with Gasteiger partial charge in [-0.05, 0) is 37.6 Å². The summed E-state index contributed by atoms with van der Waals surface area (Å²) in [5, 5.41) is 12.3. The summed E-state index contributed by atoms with van der Waals surface area (Å²) in [7, 11) is 1.63. The van der Waals surface area contributed by atoms with E-state index < -0.39 is 5.97 Å². The Labute approximate surface area is 123 Å². The number of carboxylic acid groups (broad SMARTS) is 1. The standard InChI is InChI=1S/C16H19NO4/c1-10-8-14(21-15(10)16(18)19)9-17-11(2)12-4-6-13(20-3)7-5-12/h4-8,11,17H,9H2,1-3H3,(H,18,19)/t11-/m0/s1. The number of aromatic carboxylic acids is 1. The Morgan fingerprint density at radius 2 is 2.05 bits per heavy atom. The maximum Gasteiger partial charge on any atom is 0.372 e. The van der Waals surface area contributed by atoms with Crippen molar-refractivity contribution < 1.29 is 19.1 Å². The van der Waals surface area contributed by atoms with E-state index in [-0.39, 0.29) is 11.8 Å².